The first-order chi connectivity index (χ1) is 14.2. The van der Waals surface area contributed by atoms with E-state index in [1.165, 1.54) is 30.6 Å². The van der Waals surface area contributed by atoms with Gasteiger partial charge in [-0.1, -0.05) is 18.2 Å². The molecule has 1 aromatic carbocycles. The zero-order valence-electron chi connectivity index (χ0n) is 16.4. The Labute approximate surface area is 174 Å². The van der Waals surface area contributed by atoms with Crippen LogP contribution in [0.15, 0.2) is 48.0 Å². The van der Waals surface area contributed by atoms with Gasteiger partial charge in [-0.25, -0.2) is 9.97 Å². The van der Waals surface area contributed by atoms with E-state index in [2.05, 4.69) is 26.3 Å². The van der Waals surface area contributed by atoms with Crippen molar-refractivity contribution in [3.05, 3.63) is 59.2 Å². The predicted octanol–water partition coefficient (Wildman–Crippen LogP) is 4.13. The molecule has 3 aromatic rings. The summed E-state index contributed by atoms with van der Waals surface area (Å²) >= 11 is 1.47. The van der Waals surface area contributed by atoms with Crippen molar-refractivity contribution in [1.82, 2.24) is 15.3 Å². The van der Waals surface area contributed by atoms with E-state index in [0.29, 0.717) is 12.2 Å². The molecule has 2 aromatic heterocycles. The number of para-hydroxylation sites is 1. The minimum absolute atomic E-state index is 0.191. The van der Waals surface area contributed by atoms with Gasteiger partial charge in [0, 0.05) is 42.3 Å². The average Bonchev–Trinajstić information content (AvgIpc) is 3.29. The second-order valence-corrected chi connectivity index (χ2v) is 7.84. The van der Waals surface area contributed by atoms with E-state index in [1.54, 1.807) is 12.5 Å². The van der Waals surface area contributed by atoms with Gasteiger partial charge in [0.15, 0.2) is 0 Å². The number of pyridine rings is 1. The number of aromatic nitrogens is 2. The predicted molar refractivity (Wildman–Crippen MR) is 116 cm³/mol. The van der Waals surface area contributed by atoms with Crippen LogP contribution >= 0.6 is 11.3 Å². The number of amides is 1. The maximum absolute atomic E-state index is 12.5. The normalized spacial score (nSPS) is 13.9. The zero-order chi connectivity index (χ0) is 20.1. The Kier molecular flexibility index (Phi) is 6.05. The van der Waals surface area contributed by atoms with Gasteiger partial charge in [0.25, 0.3) is 5.91 Å². The third-order valence-electron chi connectivity index (χ3n) is 5.04. The second-order valence-electron chi connectivity index (χ2n) is 6.98. The van der Waals surface area contributed by atoms with Gasteiger partial charge in [-0.3, -0.25) is 4.79 Å². The molecule has 1 fully saturated rings. The number of benzene rings is 1. The number of nitrogens with one attached hydrogen (secondary N) is 1. The third-order valence-corrected chi connectivity index (χ3v) is 5.93. The van der Waals surface area contributed by atoms with Crippen LogP contribution in [0.5, 0.6) is 5.75 Å². The smallest absolute Gasteiger partial charge is 0.271 e. The van der Waals surface area contributed by atoms with Crippen LogP contribution in [0.2, 0.25) is 0 Å². The average molecular weight is 409 g/mol. The van der Waals surface area contributed by atoms with Crippen LogP contribution < -0.4 is 15.0 Å². The second kappa shape index (κ2) is 9.05. The van der Waals surface area contributed by atoms with Crippen molar-refractivity contribution in [1.29, 1.82) is 0 Å². The lowest BCUT2D eigenvalue weighted by Crippen LogP contribution is -2.30. The molecule has 4 rings (SSSR count). The Morgan fingerprint density at radius 3 is 2.86 bits per heavy atom. The molecule has 0 spiro atoms. The quantitative estimate of drug-likeness (QED) is 0.664. The van der Waals surface area contributed by atoms with Gasteiger partial charge in [-0.05, 0) is 37.5 Å². The molecule has 1 saturated heterocycles. The summed E-state index contributed by atoms with van der Waals surface area (Å²) in [6.07, 6.45) is 5.53. The van der Waals surface area contributed by atoms with E-state index in [-0.39, 0.29) is 5.91 Å². The van der Waals surface area contributed by atoms with Crippen LogP contribution in [0.3, 0.4) is 0 Å². The van der Waals surface area contributed by atoms with Gasteiger partial charge in [0.05, 0.1) is 7.11 Å². The van der Waals surface area contributed by atoms with Crippen molar-refractivity contribution in [3.63, 3.8) is 0 Å². The number of carbonyl (C=O) groups excluding carboxylic acids is 1. The fraction of sp³-hybridized carbons (Fsp3) is 0.318. The van der Waals surface area contributed by atoms with Gasteiger partial charge >= 0.3 is 0 Å². The van der Waals surface area contributed by atoms with Crippen molar-refractivity contribution in [2.24, 2.45) is 0 Å². The van der Waals surface area contributed by atoms with Crippen LogP contribution in [-0.4, -0.2) is 36.1 Å². The molecule has 0 saturated carbocycles. The maximum Gasteiger partial charge on any atom is 0.271 e. The molecule has 150 valence electrons. The summed E-state index contributed by atoms with van der Waals surface area (Å²) in [6, 6.07) is 11.7. The van der Waals surface area contributed by atoms with Crippen LogP contribution in [-0.2, 0) is 6.54 Å². The van der Waals surface area contributed by atoms with E-state index in [1.807, 2.05) is 36.5 Å². The number of piperidine rings is 1. The topological polar surface area (TPSA) is 67.3 Å². The fourth-order valence-electron chi connectivity index (χ4n) is 3.47. The van der Waals surface area contributed by atoms with Gasteiger partial charge in [-0.15, -0.1) is 11.3 Å². The molecular weight excluding hydrogens is 384 g/mol. The lowest BCUT2D eigenvalue weighted by atomic mass is 10.1. The number of rotatable bonds is 6. The van der Waals surface area contributed by atoms with Crippen LogP contribution in [0.1, 0.15) is 35.3 Å². The fourth-order valence-corrected chi connectivity index (χ4v) is 4.27. The van der Waals surface area contributed by atoms with Gasteiger partial charge in [-0.2, -0.15) is 0 Å². The molecular formula is C22H24N4O2S. The Morgan fingerprint density at radius 1 is 1.21 bits per heavy atom. The number of methoxy groups -OCH3 is 1. The van der Waals surface area contributed by atoms with Crippen LogP contribution in [0.25, 0.3) is 10.6 Å². The minimum atomic E-state index is -0.191. The SMILES string of the molecule is COc1ccccc1CNC(=O)c1csc(-c2ccnc(N3CCCCC3)c2)n1. The highest BCUT2D eigenvalue weighted by molar-refractivity contribution is 7.13. The highest BCUT2D eigenvalue weighted by Gasteiger charge is 2.16. The summed E-state index contributed by atoms with van der Waals surface area (Å²) in [5.41, 5.74) is 2.35. The summed E-state index contributed by atoms with van der Waals surface area (Å²) in [7, 11) is 1.63. The number of ether oxygens (including phenoxy) is 1. The van der Waals surface area contributed by atoms with Gasteiger partial charge in [0.2, 0.25) is 0 Å². The first-order valence-corrected chi connectivity index (χ1v) is 10.7. The molecule has 3 heterocycles. The highest BCUT2D eigenvalue weighted by atomic mass is 32.1. The van der Waals surface area contributed by atoms with E-state index in [9.17, 15) is 4.79 Å². The summed E-state index contributed by atoms with van der Waals surface area (Å²) in [5, 5.41) is 5.55. The Hall–Kier alpha value is -2.93. The van der Waals surface area contributed by atoms with Gasteiger partial charge in [0.1, 0.15) is 22.3 Å². The monoisotopic (exact) mass is 408 g/mol. The Morgan fingerprint density at radius 2 is 2.03 bits per heavy atom. The van der Waals surface area contributed by atoms with E-state index in [4.69, 9.17) is 4.74 Å². The van der Waals surface area contributed by atoms with E-state index >= 15 is 0 Å². The standard InChI is InChI=1S/C22H24N4O2S/c1-28-19-8-4-3-7-17(19)14-24-21(27)18-15-29-22(25-18)16-9-10-23-20(13-16)26-11-5-2-6-12-26/h3-4,7-10,13,15H,2,5-6,11-12,14H2,1H3,(H,24,27). The van der Waals surface area contributed by atoms with Crippen molar-refractivity contribution in [3.8, 4) is 16.3 Å². The number of hydrogen-bond donors (Lipinski definition) is 1. The highest BCUT2D eigenvalue weighted by Crippen LogP contribution is 2.27. The molecule has 0 bridgehead atoms. The molecule has 1 N–H and O–H groups in total. The largest absolute Gasteiger partial charge is 0.496 e. The molecule has 0 aliphatic carbocycles. The molecule has 29 heavy (non-hydrogen) atoms. The number of hydrogen-bond acceptors (Lipinski definition) is 6. The Bertz CT molecular complexity index is 982. The summed E-state index contributed by atoms with van der Waals surface area (Å²) in [6.45, 7) is 2.49. The Balaban J connectivity index is 1.44. The summed E-state index contributed by atoms with van der Waals surface area (Å²) in [4.78, 5) is 23.9. The van der Waals surface area contributed by atoms with Crippen molar-refractivity contribution in [2.75, 3.05) is 25.1 Å². The third kappa shape index (κ3) is 4.56. The molecule has 1 aliphatic heterocycles. The maximum atomic E-state index is 12.5. The number of anilines is 1. The molecule has 0 atom stereocenters. The van der Waals surface area contributed by atoms with E-state index in [0.717, 1.165) is 40.8 Å². The number of thiazole rings is 1. The number of carbonyl (C=O) groups is 1. The zero-order valence-corrected chi connectivity index (χ0v) is 17.2. The molecule has 7 heteroatoms. The van der Waals surface area contributed by atoms with Crippen molar-refractivity contribution in [2.45, 2.75) is 25.8 Å². The van der Waals surface area contributed by atoms with Crippen molar-refractivity contribution < 1.29 is 9.53 Å². The molecule has 0 radical (unpaired) electrons. The summed E-state index contributed by atoms with van der Waals surface area (Å²) in [5.74, 6) is 1.55. The lowest BCUT2D eigenvalue weighted by Gasteiger charge is -2.27. The van der Waals surface area contributed by atoms with Crippen molar-refractivity contribution >= 4 is 23.1 Å². The first kappa shape index (κ1) is 19.4. The lowest BCUT2D eigenvalue weighted by molar-refractivity contribution is 0.0946. The van der Waals surface area contributed by atoms with Crippen LogP contribution in [0, 0.1) is 0 Å². The number of nitrogens with zero attached hydrogens (tertiary/aromatic N) is 3. The molecule has 1 amide bonds. The first-order valence-electron chi connectivity index (χ1n) is 9.81. The molecule has 1 aliphatic rings. The van der Waals surface area contributed by atoms with E-state index < -0.39 is 0 Å². The summed E-state index contributed by atoms with van der Waals surface area (Å²) < 4.78 is 5.33. The van der Waals surface area contributed by atoms with Gasteiger partial charge < -0.3 is 15.0 Å². The molecule has 6 nitrogen and oxygen atoms in total. The van der Waals surface area contributed by atoms with Crippen LogP contribution in [0.4, 0.5) is 5.82 Å². The molecule has 0 unspecified atom stereocenters. The minimum Gasteiger partial charge on any atom is -0.496 e.